The minimum Gasteiger partial charge on any atom is -0.860 e. The number of Topliss-reactive ketones (excluding diaryl/α,β-unsaturated/α-hetero) is 1. The number of hydrogen-bond acceptors (Lipinski definition) is 19. The van der Waals surface area contributed by atoms with Crippen LogP contribution in [-0.2, 0) is 35.1 Å². The second-order valence-electron chi connectivity index (χ2n) is 12.2. The van der Waals surface area contributed by atoms with E-state index in [9.17, 15) is 53.9 Å². The van der Waals surface area contributed by atoms with Gasteiger partial charge in [0.05, 0.1) is 43.6 Å². The molecule has 6 aromatic carbocycles. The molecule has 0 spiro atoms. The minimum atomic E-state index is -5.44. The molecule has 0 fully saturated rings. The number of anilines is 1. The summed E-state index contributed by atoms with van der Waals surface area (Å²) >= 11 is 0. The number of carbonyl (C=O) groups is 1. The zero-order valence-electron chi connectivity index (χ0n) is 32.8. The summed E-state index contributed by atoms with van der Waals surface area (Å²) in [7, 11) is -15.6. The molecule has 6 rings (SSSR count). The average Bonchev–Trinajstić information content (AvgIpc) is 3.16. The molecule has 0 amide bonds. The Morgan fingerprint density at radius 1 is 0.645 bits per heavy atom. The molecular weight excluding hydrogens is 902 g/mol. The molecule has 0 radical (unpaired) electrons. The third-order valence-electron chi connectivity index (χ3n) is 8.27. The van der Waals surface area contributed by atoms with Crippen LogP contribution in [-0.4, -0.2) is 61.7 Å². The first-order valence-corrected chi connectivity index (χ1v) is 20.7. The molecule has 62 heavy (non-hydrogen) atoms. The number of ketones is 1. The number of para-hydroxylation sites is 1. The molecule has 0 aliphatic heterocycles. The summed E-state index contributed by atoms with van der Waals surface area (Å²) in [5.41, 5.74) is 4.25. The fourth-order valence-electron chi connectivity index (χ4n) is 5.58. The van der Waals surface area contributed by atoms with Gasteiger partial charge in [-0.1, -0.05) is 42.5 Å². The van der Waals surface area contributed by atoms with Gasteiger partial charge in [-0.3, -0.25) is 14.3 Å². The van der Waals surface area contributed by atoms with Gasteiger partial charge in [-0.25, -0.2) is 16.8 Å². The summed E-state index contributed by atoms with van der Waals surface area (Å²) in [6.07, 6.45) is 0. The number of carbonyl (C=O) groups excluding carboxylic acids is 1. The van der Waals surface area contributed by atoms with Crippen molar-refractivity contribution in [3.8, 4) is 5.75 Å². The number of azo groups is 3. The van der Waals surface area contributed by atoms with Crippen molar-refractivity contribution in [2.75, 3.05) is 5.73 Å². The van der Waals surface area contributed by atoms with E-state index in [1.807, 2.05) is 0 Å². The zero-order valence-corrected chi connectivity index (χ0v) is 41.3. The van der Waals surface area contributed by atoms with E-state index in [1.54, 1.807) is 30.3 Å². The third kappa shape index (κ3) is 12.0. The first-order chi connectivity index (χ1) is 27.7. The van der Waals surface area contributed by atoms with E-state index in [2.05, 4.69) is 35.7 Å². The van der Waals surface area contributed by atoms with Gasteiger partial charge in [-0.05, 0) is 78.9 Å². The van der Waals surface area contributed by atoms with Crippen molar-refractivity contribution in [2.24, 2.45) is 35.7 Å². The molecule has 0 saturated heterocycles. The fraction of sp³-hybridized carbons (Fsp3) is 0.0556. The first kappa shape index (κ1) is 52.5. The number of fused-ring (bicyclic) bond motifs is 2. The summed E-state index contributed by atoms with van der Waals surface area (Å²) in [6, 6.07) is 20.9. The van der Waals surface area contributed by atoms with E-state index in [0.29, 0.717) is 17.8 Å². The second kappa shape index (κ2) is 21.2. The maximum atomic E-state index is 12.6. The van der Waals surface area contributed by atoms with Crippen LogP contribution in [0.4, 0.5) is 39.8 Å². The second-order valence-corrected chi connectivity index (χ2v) is 16.3. The maximum Gasteiger partial charge on any atom is 1.00 e. The average molecular weight is 927 g/mol. The summed E-state index contributed by atoms with van der Waals surface area (Å²) in [6.45, 7) is 1.15. The van der Waals surface area contributed by atoms with Gasteiger partial charge in [0.2, 0.25) is 0 Å². The Balaban J connectivity index is 0.00000341. The molecule has 0 bridgehead atoms. The molecule has 26 heteroatoms. The number of hydrogen-bond donors (Lipinski definition) is 3. The van der Waals surface area contributed by atoms with Crippen LogP contribution in [0.15, 0.2) is 153 Å². The van der Waals surface area contributed by atoms with Crippen molar-refractivity contribution in [3.63, 3.8) is 0 Å². The van der Waals surface area contributed by atoms with Crippen LogP contribution < -0.4 is 99.5 Å². The summed E-state index contributed by atoms with van der Waals surface area (Å²) < 4.78 is 108. The molecule has 6 aromatic rings. The topological polar surface area (TPSA) is 342 Å². The molecule has 1 unspecified atom stereocenters. The Labute approximate surface area is 419 Å². The van der Waals surface area contributed by atoms with Gasteiger partial charge in [-0.2, -0.15) is 23.8 Å². The number of aliphatic imine (C=N–C) groups is 1. The molecule has 0 saturated carbocycles. The SMILES string of the molecule is CC(=O)C(N=Nc1ccc(N=Nc2c(S(=O)(=O)[O-])cc3cc(S(=O)(=O)O)c(N=Nc4ccc(S(=O)(=O)[O-])c5ccccc45)c(O)c3c2N)cc1)C([O-])=Nc1ccccc1.[Na+].[Na+].[Na+]. The number of nitrogen functional groups attached to an aromatic ring is 1. The summed E-state index contributed by atoms with van der Waals surface area (Å²) in [4.78, 5) is 13.2. The van der Waals surface area contributed by atoms with Gasteiger partial charge in [0.15, 0.2) is 17.6 Å². The maximum absolute atomic E-state index is 12.6. The molecule has 0 aliphatic rings. The molecule has 0 heterocycles. The van der Waals surface area contributed by atoms with E-state index >= 15 is 0 Å². The van der Waals surface area contributed by atoms with E-state index < -0.39 is 96.3 Å². The van der Waals surface area contributed by atoms with Crippen molar-refractivity contribution in [2.45, 2.75) is 27.7 Å². The van der Waals surface area contributed by atoms with Crippen LogP contribution in [0.1, 0.15) is 6.92 Å². The molecule has 4 N–H and O–H groups in total. The van der Waals surface area contributed by atoms with Crippen molar-refractivity contribution < 1.29 is 143 Å². The van der Waals surface area contributed by atoms with Crippen molar-refractivity contribution in [1.29, 1.82) is 0 Å². The Hall–Kier alpha value is -3.89. The van der Waals surface area contributed by atoms with Crippen molar-refractivity contribution in [1.82, 2.24) is 0 Å². The number of phenolic OH excluding ortho intramolecular Hbond substituents is 1. The van der Waals surface area contributed by atoms with Crippen LogP contribution in [0.3, 0.4) is 0 Å². The fourth-order valence-corrected chi connectivity index (χ4v) is 7.58. The number of nitrogens with two attached hydrogens (primary N) is 1. The number of phenols is 1. The molecule has 302 valence electrons. The smallest absolute Gasteiger partial charge is 0.860 e. The molecule has 0 aromatic heterocycles. The van der Waals surface area contributed by atoms with Crippen LogP contribution in [0.5, 0.6) is 5.75 Å². The first-order valence-electron chi connectivity index (χ1n) is 16.4. The molecular formula is C36H25N8Na3O12S3. The van der Waals surface area contributed by atoms with Gasteiger partial charge in [0.1, 0.15) is 36.5 Å². The standard InChI is InChI=1S/C36H28N8O12S3.3Na/c1-19(45)32(36(47)38-21-7-3-2-4-8-21)42-39-22-11-13-23(14-12-22)40-43-33-28(58(51,52)53)17-20-18-29(59(54,55)56)34(35(46)30(20)31(33)37)44-41-26-15-16-27(57(48,49)50)25-10-6-5-9-24(25)26;;;/h2-18,32,46H,37H2,1H3,(H,38,47)(H,48,49,50)(H,51,52,53)(H,54,55,56);;;/q;3*+1/p-3. The van der Waals surface area contributed by atoms with E-state index in [4.69, 9.17) is 5.73 Å². The molecule has 1 atom stereocenters. The van der Waals surface area contributed by atoms with Gasteiger partial charge in [-0.15, -0.1) is 15.3 Å². The predicted octanol–water partition coefficient (Wildman–Crippen LogP) is -2.69. The van der Waals surface area contributed by atoms with Gasteiger partial charge in [0, 0.05) is 10.8 Å². The summed E-state index contributed by atoms with van der Waals surface area (Å²) in [5.74, 6) is -2.53. The third-order valence-corrected chi connectivity index (χ3v) is 10.9. The Morgan fingerprint density at radius 3 is 1.74 bits per heavy atom. The van der Waals surface area contributed by atoms with E-state index in [1.165, 1.54) is 48.5 Å². The number of rotatable bonds is 12. The Kier molecular flexibility index (Phi) is 17.9. The largest absolute Gasteiger partial charge is 1.00 e. The quantitative estimate of drug-likeness (QED) is 0.0282. The summed E-state index contributed by atoms with van der Waals surface area (Å²) in [5, 5.41) is 46.3. The van der Waals surface area contributed by atoms with E-state index in [-0.39, 0.29) is 117 Å². The monoisotopic (exact) mass is 926 g/mol. The van der Waals surface area contributed by atoms with Gasteiger partial charge in [0.25, 0.3) is 10.1 Å². The van der Waals surface area contributed by atoms with Gasteiger partial charge < -0.3 is 25.1 Å². The normalized spacial score (nSPS) is 12.9. The zero-order chi connectivity index (χ0) is 42.9. The van der Waals surface area contributed by atoms with E-state index in [0.717, 1.165) is 19.1 Å². The van der Waals surface area contributed by atoms with Crippen LogP contribution >= 0.6 is 0 Å². The number of aromatic hydroxyl groups is 1. The number of benzene rings is 6. The van der Waals surface area contributed by atoms with Crippen molar-refractivity contribution >= 4 is 103 Å². The Morgan fingerprint density at radius 2 is 1.18 bits per heavy atom. The number of nitrogens with zero attached hydrogens (tertiary/aromatic N) is 7. The van der Waals surface area contributed by atoms with Crippen LogP contribution in [0.2, 0.25) is 0 Å². The Bertz CT molecular complexity index is 3160. The molecule has 0 aliphatic carbocycles. The molecule has 20 nitrogen and oxygen atoms in total. The minimum absolute atomic E-state index is 0. The van der Waals surface area contributed by atoms with Crippen LogP contribution in [0, 0.1) is 0 Å². The van der Waals surface area contributed by atoms with Crippen LogP contribution in [0.25, 0.3) is 21.5 Å². The van der Waals surface area contributed by atoms with Crippen molar-refractivity contribution in [3.05, 3.63) is 103 Å². The predicted molar refractivity (Wildman–Crippen MR) is 207 cm³/mol. The van der Waals surface area contributed by atoms with Gasteiger partial charge >= 0.3 is 88.7 Å².